The number of amides is 2. The number of methoxy groups -OCH3 is 2. The van der Waals surface area contributed by atoms with Crippen LogP contribution in [0.3, 0.4) is 0 Å². The van der Waals surface area contributed by atoms with Crippen molar-refractivity contribution in [3.05, 3.63) is 53.7 Å². The molecule has 0 unspecified atom stereocenters. The van der Waals surface area contributed by atoms with E-state index in [1.165, 1.54) is 23.0 Å². The Labute approximate surface area is 257 Å². The standard InChI is InChI=1S/C29H33N9O7/c1-17-14-30-23-20(17)24(32-16-31-23)37-11-9-29(10-12-37,15-38-22(26(40)44-5)21(34-35-38)25(39)43-4)27(41)33-18-7-6-8-19(13-18)45-28(42)36(2)3/h6-8,13-14,16H,9-12,15H2,1-5H3,(H,33,41)(H,30,31,32). The quantitative estimate of drug-likeness (QED) is 0.275. The highest BCUT2D eigenvalue weighted by Crippen LogP contribution is 2.38. The number of piperidine rings is 1. The first-order valence-electron chi connectivity index (χ1n) is 14.0. The molecule has 1 aromatic carbocycles. The molecule has 0 aliphatic carbocycles. The van der Waals surface area contributed by atoms with Crippen LogP contribution in [0, 0.1) is 12.3 Å². The Balaban J connectivity index is 1.48. The van der Waals surface area contributed by atoms with Gasteiger partial charge in [-0.2, -0.15) is 0 Å². The summed E-state index contributed by atoms with van der Waals surface area (Å²) >= 11 is 0. The summed E-state index contributed by atoms with van der Waals surface area (Å²) in [6.45, 7) is 2.72. The van der Waals surface area contributed by atoms with Crippen LogP contribution in [-0.2, 0) is 20.8 Å². The maximum atomic E-state index is 14.2. The molecule has 1 aliphatic rings. The summed E-state index contributed by atoms with van der Waals surface area (Å²) in [5, 5.41) is 11.8. The van der Waals surface area contributed by atoms with Crippen LogP contribution >= 0.6 is 0 Å². The van der Waals surface area contributed by atoms with Crippen LogP contribution in [-0.4, -0.2) is 100 Å². The van der Waals surface area contributed by atoms with Crippen molar-refractivity contribution >= 4 is 46.5 Å². The maximum Gasteiger partial charge on any atom is 0.414 e. The second-order valence-electron chi connectivity index (χ2n) is 10.8. The van der Waals surface area contributed by atoms with Gasteiger partial charge in [0, 0.05) is 45.1 Å². The minimum Gasteiger partial charge on any atom is -0.464 e. The molecule has 0 spiro atoms. The van der Waals surface area contributed by atoms with Gasteiger partial charge in [-0.3, -0.25) is 4.79 Å². The van der Waals surface area contributed by atoms with E-state index in [2.05, 4.69) is 35.5 Å². The van der Waals surface area contributed by atoms with Crippen molar-refractivity contribution in [1.29, 1.82) is 0 Å². The molecular formula is C29H33N9O7. The highest BCUT2D eigenvalue weighted by Gasteiger charge is 2.44. The van der Waals surface area contributed by atoms with Crippen LogP contribution in [0.1, 0.15) is 39.4 Å². The zero-order valence-electron chi connectivity index (χ0n) is 25.5. The number of hydrogen-bond acceptors (Lipinski definition) is 12. The van der Waals surface area contributed by atoms with Crippen LogP contribution < -0.4 is 15.0 Å². The Kier molecular flexibility index (Phi) is 8.65. The second kappa shape index (κ2) is 12.6. The normalized spacial score (nSPS) is 14.1. The number of aromatic amines is 1. The van der Waals surface area contributed by atoms with Gasteiger partial charge in [0.05, 0.1) is 31.6 Å². The Morgan fingerprint density at radius 2 is 1.80 bits per heavy atom. The van der Waals surface area contributed by atoms with Crippen molar-refractivity contribution < 1.29 is 33.4 Å². The number of rotatable bonds is 8. The summed E-state index contributed by atoms with van der Waals surface area (Å²) < 4.78 is 16.3. The second-order valence-corrected chi connectivity index (χ2v) is 10.8. The molecule has 2 amide bonds. The number of aromatic nitrogens is 6. The molecule has 0 saturated carbocycles. The number of hydrogen-bond donors (Lipinski definition) is 2. The average molecular weight is 620 g/mol. The fraction of sp³-hybridized carbons (Fsp3) is 0.379. The van der Waals surface area contributed by atoms with Crippen LogP contribution in [0.2, 0.25) is 0 Å². The first kappa shape index (κ1) is 30.9. The number of fused-ring (bicyclic) bond motifs is 1. The van der Waals surface area contributed by atoms with E-state index < -0.39 is 23.4 Å². The predicted octanol–water partition coefficient (Wildman–Crippen LogP) is 2.42. The van der Waals surface area contributed by atoms with Crippen LogP contribution in [0.4, 0.5) is 16.3 Å². The summed E-state index contributed by atoms with van der Waals surface area (Å²) in [6.07, 6.45) is 3.42. The van der Waals surface area contributed by atoms with Crippen molar-refractivity contribution in [3.63, 3.8) is 0 Å². The van der Waals surface area contributed by atoms with Crippen LogP contribution in [0.5, 0.6) is 5.75 Å². The van der Waals surface area contributed by atoms with Crippen molar-refractivity contribution in [1.82, 2.24) is 34.8 Å². The smallest absolute Gasteiger partial charge is 0.414 e. The van der Waals surface area contributed by atoms with Crippen molar-refractivity contribution in [3.8, 4) is 5.75 Å². The van der Waals surface area contributed by atoms with Gasteiger partial charge in [0.1, 0.15) is 23.5 Å². The lowest BCUT2D eigenvalue weighted by molar-refractivity contribution is -0.128. The first-order valence-corrected chi connectivity index (χ1v) is 14.0. The fourth-order valence-corrected chi connectivity index (χ4v) is 5.28. The number of benzene rings is 1. The summed E-state index contributed by atoms with van der Waals surface area (Å²) in [5.41, 5.74) is 0.424. The van der Waals surface area contributed by atoms with E-state index in [1.807, 2.05) is 13.1 Å². The molecule has 2 N–H and O–H groups in total. The molecule has 4 aromatic rings. The zero-order chi connectivity index (χ0) is 32.3. The molecule has 0 bridgehead atoms. The van der Waals surface area contributed by atoms with Crippen LogP contribution in [0.15, 0.2) is 36.8 Å². The van der Waals surface area contributed by atoms with Crippen molar-refractivity contribution in [2.45, 2.75) is 26.3 Å². The molecular weight excluding hydrogens is 586 g/mol. The number of carbonyl (C=O) groups is 4. The lowest BCUT2D eigenvalue weighted by Gasteiger charge is -2.41. The maximum absolute atomic E-state index is 14.2. The van der Waals surface area contributed by atoms with E-state index in [-0.39, 0.29) is 29.6 Å². The highest BCUT2D eigenvalue weighted by molar-refractivity contribution is 6.00. The number of H-pyrrole nitrogens is 1. The minimum atomic E-state index is -1.13. The molecule has 0 atom stereocenters. The van der Waals surface area contributed by atoms with Gasteiger partial charge in [0.2, 0.25) is 11.6 Å². The number of carbonyl (C=O) groups excluding carboxylic acids is 4. The van der Waals surface area contributed by atoms with E-state index in [0.717, 1.165) is 23.9 Å². The third kappa shape index (κ3) is 6.11. The summed E-state index contributed by atoms with van der Waals surface area (Å²) in [5.74, 6) is -1.09. The average Bonchev–Trinajstić information content (AvgIpc) is 3.64. The van der Waals surface area contributed by atoms with E-state index in [0.29, 0.717) is 37.3 Å². The molecule has 5 rings (SSSR count). The number of anilines is 2. The minimum absolute atomic E-state index is 0.0984. The van der Waals surface area contributed by atoms with Gasteiger partial charge in [0.15, 0.2) is 5.69 Å². The third-order valence-electron chi connectivity index (χ3n) is 7.76. The number of nitrogens with zero attached hydrogens (tertiary/aromatic N) is 7. The van der Waals surface area contributed by atoms with Gasteiger partial charge in [-0.25, -0.2) is 29.0 Å². The monoisotopic (exact) mass is 619 g/mol. The molecule has 4 heterocycles. The highest BCUT2D eigenvalue weighted by atomic mass is 16.6. The number of nitrogens with one attached hydrogen (secondary N) is 2. The Morgan fingerprint density at radius 3 is 2.49 bits per heavy atom. The van der Waals surface area contributed by atoms with Gasteiger partial charge in [-0.15, -0.1) is 5.10 Å². The number of esters is 2. The van der Waals surface area contributed by atoms with Gasteiger partial charge in [-0.05, 0) is 37.5 Å². The molecule has 1 saturated heterocycles. The summed E-state index contributed by atoms with van der Waals surface area (Å²) in [4.78, 5) is 66.8. The lowest BCUT2D eigenvalue weighted by Crippen LogP contribution is -2.49. The molecule has 0 radical (unpaired) electrons. The fourth-order valence-electron chi connectivity index (χ4n) is 5.28. The molecule has 3 aromatic heterocycles. The predicted molar refractivity (Wildman–Crippen MR) is 160 cm³/mol. The first-order chi connectivity index (χ1) is 21.6. The number of ether oxygens (including phenoxy) is 3. The van der Waals surface area contributed by atoms with Gasteiger partial charge < -0.3 is 34.3 Å². The van der Waals surface area contributed by atoms with Crippen LogP contribution in [0.25, 0.3) is 11.0 Å². The molecule has 236 valence electrons. The van der Waals surface area contributed by atoms with E-state index in [1.54, 1.807) is 38.4 Å². The summed E-state index contributed by atoms with van der Waals surface area (Å²) in [7, 11) is 5.45. The van der Waals surface area contributed by atoms with E-state index >= 15 is 0 Å². The molecule has 1 aliphatic heterocycles. The van der Waals surface area contributed by atoms with Gasteiger partial charge in [-0.1, -0.05) is 11.3 Å². The Hall–Kier alpha value is -5.54. The SMILES string of the molecule is COC(=O)c1nnn(CC2(C(=O)Nc3cccc(OC(=O)N(C)C)c3)CCN(c3ncnc4[nH]cc(C)c34)CC2)c1C(=O)OC. The van der Waals surface area contributed by atoms with E-state index in [4.69, 9.17) is 14.2 Å². The molecule has 16 heteroatoms. The molecule has 16 nitrogen and oxygen atoms in total. The van der Waals surface area contributed by atoms with Crippen molar-refractivity contribution in [2.75, 3.05) is 51.6 Å². The van der Waals surface area contributed by atoms with Gasteiger partial charge in [0.25, 0.3) is 0 Å². The third-order valence-corrected chi connectivity index (χ3v) is 7.76. The topological polar surface area (TPSA) is 187 Å². The lowest BCUT2D eigenvalue weighted by atomic mass is 9.77. The zero-order valence-corrected chi connectivity index (χ0v) is 25.5. The van der Waals surface area contributed by atoms with E-state index in [9.17, 15) is 19.2 Å². The van der Waals surface area contributed by atoms with Gasteiger partial charge >= 0.3 is 18.0 Å². The largest absolute Gasteiger partial charge is 0.464 e. The Morgan fingerprint density at radius 1 is 1.07 bits per heavy atom. The Bertz CT molecular complexity index is 1760. The summed E-state index contributed by atoms with van der Waals surface area (Å²) in [6, 6.07) is 6.46. The molecule has 1 fully saturated rings. The van der Waals surface area contributed by atoms with Crippen molar-refractivity contribution in [2.24, 2.45) is 5.41 Å². The molecule has 45 heavy (non-hydrogen) atoms. The number of aryl methyl sites for hydroxylation is 1.